The molecule has 0 spiro atoms. The summed E-state index contributed by atoms with van der Waals surface area (Å²) in [5, 5.41) is 2.30. The fourth-order valence-corrected chi connectivity index (χ4v) is 3.22. The molecular weight excluding hydrogens is 166 g/mol. The Morgan fingerprint density at radius 1 is 1.33 bits per heavy atom. The summed E-state index contributed by atoms with van der Waals surface area (Å²) >= 11 is 1.95. The molecule has 0 radical (unpaired) electrons. The number of nitrogens with zero attached hydrogens (tertiary/aromatic N) is 1. The van der Waals surface area contributed by atoms with Crippen LogP contribution in [0.4, 0.5) is 0 Å². The highest BCUT2D eigenvalue weighted by Crippen LogP contribution is 2.31. The molecule has 68 valence electrons. The highest BCUT2D eigenvalue weighted by atomic mass is 32.2. The van der Waals surface area contributed by atoms with Crippen molar-refractivity contribution in [3.05, 3.63) is 11.1 Å². The lowest BCUT2D eigenvalue weighted by Crippen LogP contribution is -2.32. The first-order chi connectivity index (χ1) is 5.88. The highest BCUT2D eigenvalue weighted by Gasteiger charge is 2.23. The van der Waals surface area contributed by atoms with E-state index in [1.165, 1.54) is 43.7 Å². The molecule has 2 aliphatic rings. The summed E-state index contributed by atoms with van der Waals surface area (Å²) in [6.45, 7) is 2.24. The Hall–Kier alpha value is -0.110. The maximum absolute atomic E-state index is 2.59. The SMILES string of the molecule is CC1=CSCN1C1CCCCC1. The zero-order chi connectivity index (χ0) is 8.39. The molecular formula is C10H17NS. The van der Waals surface area contributed by atoms with Gasteiger partial charge in [-0.25, -0.2) is 0 Å². The third kappa shape index (κ3) is 1.63. The van der Waals surface area contributed by atoms with E-state index < -0.39 is 0 Å². The molecule has 0 bridgehead atoms. The summed E-state index contributed by atoms with van der Waals surface area (Å²) in [5.41, 5.74) is 1.49. The van der Waals surface area contributed by atoms with Crippen LogP contribution < -0.4 is 0 Å². The summed E-state index contributed by atoms with van der Waals surface area (Å²) in [6, 6.07) is 0.866. The van der Waals surface area contributed by atoms with Crippen LogP contribution >= 0.6 is 11.8 Å². The van der Waals surface area contributed by atoms with Crippen LogP contribution in [0.1, 0.15) is 39.0 Å². The van der Waals surface area contributed by atoms with Crippen LogP contribution in [0.25, 0.3) is 0 Å². The predicted molar refractivity (Wildman–Crippen MR) is 54.9 cm³/mol. The summed E-state index contributed by atoms with van der Waals surface area (Å²) in [7, 11) is 0. The van der Waals surface area contributed by atoms with E-state index in [-0.39, 0.29) is 0 Å². The quantitative estimate of drug-likeness (QED) is 0.614. The molecule has 2 heteroatoms. The van der Waals surface area contributed by atoms with Crippen molar-refractivity contribution in [2.75, 3.05) is 5.88 Å². The van der Waals surface area contributed by atoms with Crippen molar-refractivity contribution in [1.82, 2.24) is 4.90 Å². The van der Waals surface area contributed by atoms with Gasteiger partial charge in [-0.15, -0.1) is 11.8 Å². The second-order valence-electron chi connectivity index (χ2n) is 3.82. The van der Waals surface area contributed by atoms with Crippen LogP contribution in [-0.2, 0) is 0 Å². The number of hydrogen-bond donors (Lipinski definition) is 0. The second kappa shape index (κ2) is 3.73. The number of allylic oxidation sites excluding steroid dienone is 1. The van der Waals surface area contributed by atoms with Crippen molar-refractivity contribution in [3.63, 3.8) is 0 Å². The van der Waals surface area contributed by atoms with E-state index in [0.29, 0.717) is 0 Å². The molecule has 1 heterocycles. The van der Waals surface area contributed by atoms with Gasteiger partial charge in [0.15, 0.2) is 0 Å². The summed E-state index contributed by atoms with van der Waals surface area (Å²) in [5.74, 6) is 1.20. The molecule has 0 aromatic carbocycles. The number of hydrogen-bond acceptors (Lipinski definition) is 2. The summed E-state index contributed by atoms with van der Waals surface area (Å²) < 4.78 is 0. The normalized spacial score (nSPS) is 26.1. The third-order valence-electron chi connectivity index (χ3n) is 2.94. The lowest BCUT2D eigenvalue weighted by atomic mass is 9.94. The predicted octanol–water partition coefficient (Wildman–Crippen LogP) is 3.19. The zero-order valence-electron chi connectivity index (χ0n) is 7.75. The second-order valence-corrected chi connectivity index (χ2v) is 4.64. The van der Waals surface area contributed by atoms with Crippen molar-refractivity contribution in [3.8, 4) is 0 Å². The van der Waals surface area contributed by atoms with Crippen molar-refractivity contribution in [2.24, 2.45) is 0 Å². The van der Waals surface area contributed by atoms with E-state index in [9.17, 15) is 0 Å². The molecule has 1 aliphatic heterocycles. The first-order valence-corrected chi connectivity index (χ1v) is 5.98. The smallest absolute Gasteiger partial charge is 0.0680 e. The zero-order valence-corrected chi connectivity index (χ0v) is 8.57. The highest BCUT2D eigenvalue weighted by molar-refractivity contribution is 8.02. The molecule has 0 N–H and O–H groups in total. The topological polar surface area (TPSA) is 3.24 Å². The van der Waals surface area contributed by atoms with Gasteiger partial charge in [0.05, 0.1) is 5.88 Å². The van der Waals surface area contributed by atoms with Gasteiger partial charge in [-0.1, -0.05) is 19.3 Å². The van der Waals surface area contributed by atoms with Gasteiger partial charge >= 0.3 is 0 Å². The van der Waals surface area contributed by atoms with Gasteiger partial charge in [-0.05, 0) is 25.2 Å². The van der Waals surface area contributed by atoms with Crippen molar-refractivity contribution in [1.29, 1.82) is 0 Å². The average molecular weight is 183 g/mol. The molecule has 1 fully saturated rings. The van der Waals surface area contributed by atoms with E-state index in [1.54, 1.807) is 0 Å². The molecule has 1 aliphatic carbocycles. The fourth-order valence-electron chi connectivity index (χ4n) is 2.19. The minimum Gasteiger partial charge on any atom is -0.362 e. The monoisotopic (exact) mass is 183 g/mol. The van der Waals surface area contributed by atoms with Crippen LogP contribution in [0, 0.1) is 0 Å². The van der Waals surface area contributed by atoms with Gasteiger partial charge in [0, 0.05) is 11.7 Å². The van der Waals surface area contributed by atoms with E-state index in [2.05, 4.69) is 17.2 Å². The Bertz CT molecular complexity index is 182. The molecule has 0 saturated heterocycles. The minimum absolute atomic E-state index is 0.866. The van der Waals surface area contributed by atoms with Gasteiger partial charge in [-0.2, -0.15) is 0 Å². The van der Waals surface area contributed by atoms with Crippen molar-refractivity contribution >= 4 is 11.8 Å². The van der Waals surface area contributed by atoms with E-state index in [4.69, 9.17) is 0 Å². The molecule has 0 amide bonds. The van der Waals surface area contributed by atoms with Gasteiger partial charge in [0.2, 0.25) is 0 Å². The van der Waals surface area contributed by atoms with Gasteiger partial charge in [0.25, 0.3) is 0 Å². The largest absolute Gasteiger partial charge is 0.362 e. The lowest BCUT2D eigenvalue weighted by Gasteiger charge is -2.33. The molecule has 0 aromatic rings. The summed E-state index contributed by atoms with van der Waals surface area (Å²) in [6.07, 6.45) is 7.19. The maximum atomic E-state index is 2.59. The van der Waals surface area contributed by atoms with E-state index in [0.717, 1.165) is 6.04 Å². The lowest BCUT2D eigenvalue weighted by molar-refractivity contribution is 0.232. The fraction of sp³-hybridized carbons (Fsp3) is 0.800. The van der Waals surface area contributed by atoms with Crippen LogP contribution in [-0.4, -0.2) is 16.8 Å². The molecule has 12 heavy (non-hydrogen) atoms. The van der Waals surface area contributed by atoms with Crippen molar-refractivity contribution in [2.45, 2.75) is 45.1 Å². The van der Waals surface area contributed by atoms with Crippen LogP contribution in [0.3, 0.4) is 0 Å². The van der Waals surface area contributed by atoms with Crippen molar-refractivity contribution < 1.29 is 0 Å². The maximum Gasteiger partial charge on any atom is 0.0680 e. The Morgan fingerprint density at radius 2 is 2.08 bits per heavy atom. The first kappa shape index (κ1) is 8.49. The van der Waals surface area contributed by atoms with Gasteiger partial charge in [-0.3, -0.25) is 0 Å². The standard InChI is InChI=1S/C10H17NS/c1-9-7-12-8-11(9)10-5-3-2-4-6-10/h7,10H,2-6,8H2,1H3. The van der Waals surface area contributed by atoms with Gasteiger partial charge < -0.3 is 4.90 Å². The molecule has 0 aromatic heterocycles. The number of rotatable bonds is 1. The number of thioether (sulfide) groups is 1. The Morgan fingerprint density at radius 3 is 2.67 bits per heavy atom. The van der Waals surface area contributed by atoms with Crippen LogP contribution in [0.5, 0.6) is 0 Å². The Kier molecular flexibility index (Phi) is 2.64. The Labute approximate surface area is 79.2 Å². The van der Waals surface area contributed by atoms with Gasteiger partial charge in [0.1, 0.15) is 0 Å². The minimum atomic E-state index is 0.866. The van der Waals surface area contributed by atoms with E-state index in [1.807, 2.05) is 11.8 Å². The Balaban J connectivity index is 1.94. The average Bonchev–Trinajstić information content (AvgIpc) is 2.53. The van der Waals surface area contributed by atoms with E-state index >= 15 is 0 Å². The molecule has 1 saturated carbocycles. The summed E-state index contributed by atoms with van der Waals surface area (Å²) in [4.78, 5) is 2.59. The molecule has 1 nitrogen and oxygen atoms in total. The molecule has 2 rings (SSSR count). The third-order valence-corrected chi connectivity index (χ3v) is 3.87. The van der Waals surface area contributed by atoms with Crippen LogP contribution in [0.2, 0.25) is 0 Å². The molecule has 0 unspecified atom stereocenters. The molecule has 0 atom stereocenters. The van der Waals surface area contributed by atoms with Crippen LogP contribution in [0.15, 0.2) is 11.1 Å². The first-order valence-electron chi connectivity index (χ1n) is 4.93.